The molecule has 4 aliphatic rings. The van der Waals surface area contributed by atoms with Crippen molar-refractivity contribution in [1.82, 2.24) is 10.6 Å². The topological polar surface area (TPSA) is 67.7 Å². The average molecular weight is 680 g/mol. The van der Waals surface area contributed by atoms with Gasteiger partial charge in [0.15, 0.2) is 0 Å². The third-order valence-corrected chi connectivity index (χ3v) is 11.8. The van der Waals surface area contributed by atoms with Crippen molar-refractivity contribution >= 4 is 32.7 Å². The summed E-state index contributed by atoms with van der Waals surface area (Å²) in [6.45, 7) is 4.16. The van der Waals surface area contributed by atoms with Crippen LogP contribution in [-0.2, 0) is 0 Å². The van der Waals surface area contributed by atoms with E-state index in [0.717, 1.165) is 42.6 Å². The van der Waals surface area contributed by atoms with Gasteiger partial charge in [-0.2, -0.15) is 5.26 Å². The van der Waals surface area contributed by atoms with Crippen LogP contribution >= 0.6 is 0 Å². The first-order chi connectivity index (χ1) is 26.2. The van der Waals surface area contributed by atoms with Crippen molar-refractivity contribution in [2.24, 2.45) is 0 Å². The lowest BCUT2D eigenvalue weighted by Crippen LogP contribution is -2.02. The van der Waals surface area contributed by atoms with E-state index in [1.807, 2.05) is 0 Å². The number of rotatable bonds is 6. The van der Waals surface area contributed by atoms with Gasteiger partial charge >= 0.3 is 0 Å². The number of nitriles is 1. The summed E-state index contributed by atoms with van der Waals surface area (Å²) in [5.74, 6) is 0. The Bertz CT molecular complexity index is 2820. The van der Waals surface area contributed by atoms with E-state index < -0.39 is 0 Å². The molecule has 2 saturated heterocycles. The Kier molecular flexibility index (Phi) is 6.77. The molecule has 7 aromatic rings. The minimum atomic E-state index is 0.0921. The van der Waals surface area contributed by atoms with Gasteiger partial charge in [-0.1, -0.05) is 110 Å². The van der Waals surface area contributed by atoms with Gasteiger partial charge in [0.1, 0.15) is 0 Å². The van der Waals surface area contributed by atoms with Crippen LogP contribution in [-0.4, -0.2) is 25.2 Å². The quantitative estimate of drug-likeness (QED) is 0.136. The summed E-state index contributed by atoms with van der Waals surface area (Å²) in [7, 11) is 0. The van der Waals surface area contributed by atoms with Gasteiger partial charge in [0.25, 0.3) is 0 Å². The SMILES string of the molecule is CCC/C(=C1/c2cc(-c3ccc4ccccc4c3)ccc2-c2cc3c(cc21)/C(=C(/C#N)C1CN1)c1cc(-c2ccc4ccccc4c2)ccc1-3)C1CN1. The van der Waals surface area contributed by atoms with Gasteiger partial charge in [0.2, 0.25) is 0 Å². The molecule has 0 aromatic heterocycles. The predicted molar refractivity (Wildman–Crippen MR) is 219 cm³/mol. The maximum absolute atomic E-state index is 10.7. The van der Waals surface area contributed by atoms with Gasteiger partial charge in [0, 0.05) is 24.7 Å². The third-order valence-electron chi connectivity index (χ3n) is 11.8. The Balaban J connectivity index is 1.12. The zero-order valence-corrected chi connectivity index (χ0v) is 29.6. The van der Waals surface area contributed by atoms with Crippen LogP contribution in [0.15, 0.2) is 145 Å². The Morgan fingerprint density at radius 3 is 1.49 bits per heavy atom. The van der Waals surface area contributed by atoms with E-state index in [0.29, 0.717) is 6.04 Å². The summed E-state index contributed by atoms with van der Waals surface area (Å²) in [6.07, 6.45) is 2.15. The van der Waals surface area contributed by atoms with E-state index >= 15 is 0 Å². The standard InChI is InChI=1S/C50H37N3/c1-2-7-39(47-27-52-47)49-42-22-35(33-14-12-29-8-3-5-10-31(29)20-33)16-18-37(42)40-24-41-38-19-17-36(34-15-13-30-9-4-6-11-32(30)21-34)23-43(38)50(45(41)25-44(40)49)46(26-51)48-28-53-48/h3-6,8-25,47-48,52-53H,2,7,27-28H2,1H3/b49-39+,50-46-. The molecule has 0 radical (unpaired) electrons. The molecule has 2 aliphatic carbocycles. The van der Waals surface area contributed by atoms with Gasteiger partial charge < -0.3 is 10.6 Å². The van der Waals surface area contributed by atoms with Crippen molar-refractivity contribution in [3.63, 3.8) is 0 Å². The van der Waals surface area contributed by atoms with E-state index in [2.05, 4.69) is 157 Å². The van der Waals surface area contributed by atoms with Crippen LogP contribution in [0.2, 0.25) is 0 Å². The van der Waals surface area contributed by atoms with Gasteiger partial charge in [-0.25, -0.2) is 0 Å². The molecule has 2 unspecified atom stereocenters. The Morgan fingerprint density at radius 2 is 0.962 bits per heavy atom. The fourth-order valence-electron chi connectivity index (χ4n) is 9.07. The fourth-order valence-corrected chi connectivity index (χ4v) is 9.07. The van der Waals surface area contributed by atoms with Crippen molar-refractivity contribution in [3.8, 4) is 50.6 Å². The molecule has 0 spiro atoms. The Labute approximate surface area is 309 Å². The molecule has 2 N–H and O–H groups in total. The highest BCUT2D eigenvalue weighted by Gasteiger charge is 2.38. The molecule has 3 nitrogen and oxygen atoms in total. The van der Waals surface area contributed by atoms with Crippen molar-refractivity contribution in [2.75, 3.05) is 13.1 Å². The van der Waals surface area contributed by atoms with Crippen LogP contribution in [0.1, 0.15) is 42.0 Å². The van der Waals surface area contributed by atoms with Crippen LogP contribution in [0.3, 0.4) is 0 Å². The monoisotopic (exact) mass is 679 g/mol. The van der Waals surface area contributed by atoms with Gasteiger partial charge in [-0.15, -0.1) is 0 Å². The second-order valence-electron chi connectivity index (χ2n) is 15.1. The molecule has 0 amide bonds. The van der Waals surface area contributed by atoms with E-state index in [9.17, 15) is 5.26 Å². The summed E-state index contributed by atoms with van der Waals surface area (Å²) in [5, 5.41) is 22.8. The smallest absolute Gasteiger partial charge is 0.0971 e. The van der Waals surface area contributed by atoms with Crippen molar-refractivity contribution < 1.29 is 0 Å². The van der Waals surface area contributed by atoms with Crippen LogP contribution < -0.4 is 10.6 Å². The second-order valence-corrected chi connectivity index (χ2v) is 15.1. The van der Waals surface area contributed by atoms with Crippen LogP contribution in [0, 0.1) is 11.3 Å². The highest BCUT2D eigenvalue weighted by molar-refractivity contribution is 6.11. The van der Waals surface area contributed by atoms with Crippen molar-refractivity contribution in [2.45, 2.75) is 31.8 Å². The third kappa shape index (κ3) is 4.87. The maximum Gasteiger partial charge on any atom is 0.0971 e. The molecular weight excluding hydrogens is 643 g/mol. The maximum atomic E-state index is 10.7. The molecule has 53 heavy (non-hydrogen) atoms. The first-order valence-corrected chi connectivity index (χ1v) is 19.0. The first kappa shape index (κ1) is 30.6. The number of fused-ring (bicyclic) bond motifs is 8. The van der Waals surface area contributed by atoms with Gasteiger partial charge in [-0.05, 0) is 142 Å². The number of nitrogens with one attached hydrogen (secondary N) is 2. The normalized spacial score (nSPS) is 19.3. The molecule has 7 aromatic carbocycles. The van der Waals surface area contributed by atoms with Gasteiger partial charge in [0.05, 0.1) is 17.7 Å². The van der Waals surface area contributed by atoms with E-state index in [1.165, 1.54) is 93.9 Å². The lowest BCUT2D eigenvalue weighted by atomic mass is 9.89. The molecule has 2 fully saturated rings. The van der Waals surface area contributed by atoms with Crippen LogP contribution in [0.25, 0.3) is 77.2 Å². The number of nitrogens with zero attached hydrogens (tertiary/aromatic N) is 1. The molecule has 2 atom stereocenters. The lowest BCUT2D eigenvalue weighted by Gasteiger charge is -2.14. The summed E-state index contributed by atoms with van der Waals surface area (Å²) in [5.41, 5.74) is 19.7. The molecular formula is C50H37N3. The molecule has 252 valence electrons. The largest absolute Gasteiger partial charge is 0.307 e. The van der Waals surface area contributed by atoms with E-state index in [4.69, 9.17) is 0 Å². The molecule has 0 bridgehead atoms. The lowest BCUT2D eigenvalue weighted by molar-refractivity contribution is 0.865. The van der Waals surface area contributed by atoms with Crippen LogP contribution in [0.4, 0.5) is 0 Å². The molecule has 11 rings (SSSR count). The number of hydrogen-bond acceptors (Lipinski definition) is 3. The summed E-state index contributed by atoms with van der Waals surface area (Å²) >= 11 is 0. The average Bonchev–Trinajstić information content (AvgIpc) is 4.15. The van der Waals surface area contributed by atoms with Crippen LogP contribution in [0.5, 0.6) is 0 Å². The van der Waals surface area contributed by atoms with E-state index in [-0.39, 0.29) is 6.04 Å². The summed E-state index contributed by atoms with van der Waals surface area (Å²) in [6, 6.07) is 52.7. The predicted octanol–water partition coefficient (Wildman–Crippen LogP) is 11.2. The highest BCUT2D eigenvalue weighted by Crippen LogP contribution is 2.55. The zero-order chi connectivity index (χ0) is 35.2. The fraction of sp³-hybridized carbons (Fsp3) is 0.140. The second kappa shape index (κ2) is 11.7. The summed E-state index contributed by atoms with van der Waals surface area (Å²) < 4.78 is 0. The highest BCUT2D eigenvalue weighted by atomic mass is 15.1. The number of benzene rings is 7. The first-order valence-electron chi connectivity index (χ1n) is 19.0. The number of hydrogen-bond donors (Lipinski definition) is 2. The van der Waals surface area contributed by atoms with E-state index in [1.54, 1.807) is 0 Å². The Morgan fingerprint density at radius 1 is 0.509 bits per heavy atom. The summed E-state index contributed by atoms with van der Waals surface area (Å²) in [4.78, 5) is 0. The molecule has 0 saturated carbocycles. The minimum Gasteiger partial charge on any atom is -0.307 e. The molecule has 2 aliphatic heterocycles. The molecule has 2 heterocycles. The van der Waals surface area contributed by atoms with Crippen molar-refractivity contribution in [1.29, 1.82) is 5.26 Å². The van der Waals surface area contributed by atoms with Crippen molar-refractivity contribution in [3.05, 3.63) is 167 Å². The van der Waals surface area contributed by atoms with Gasteiger partial charge in [-0.3, -0.25) is 0 Å². The zero-order valence-electron chi connectivity index (χ0n) is 29.6. The molecule has 3 heteroatoms. The Hall–Kier alpha value is -6.05. The minimum absolute atomic E-state index is 0.0921.